The molecule has 1 fully saturated rings. The monoisotopic (exact) mass is 412 g/mol. The highest BCUT2D eigenvalue weighted by Crippen LogP contribution is 2.42. The van der Waals surface area contributed by atoms with E-state index in [4.69, 9.17) is 9.84 Å². The molecule has 3 atom stereocenters. The van der Waals surface area contributed by atoms with Crippen molar-refractivity contribution in [3.63, 3.8) is 0 Å². The number of hydrogen-bond donors (Lipinski definition) is 1. The number of rotatable bonds is 5. The number of fused-ring (bicyclic) bond motifs is 1. The number of thioether (sulfide) groups is 1. The topological polar surface area (TPSA) is 62.1 Å². The van der Waals surface area contributed by atoms with Crippen molar-refractivity contribution >= 4 is 24.1 Å². The maximum absolute atomic E-state index is 10.8. The van der Waals surface area contributed by atoms with Gasteiger partial charge in [0.1, 0.15) is 6.10 Å². The van der Waals surface area contributed by atoms with Crippen LogP contribution in [0.4, 0.5) is 4.79 Å². The largest absolute Gasteiger partial charge is 0.506 e. The lowest BCUT2D eigenvalue weighted by atomic mass is 9.91. The molecular formula is C23H28N2O3S. The number of carboxylic acid groups (broad SMARTS) is 1. The second kappa shape index (κ2) is 9.63. The van der Waals surface area contributed by atoms with Crippen molar-refractivity contribution in [2.75, 3.05) is 19.6 Å². The third kappa shape index (κ3) is 5.31. The Morgan fingerprint density at radius 3 is 3.17 bits per heavy atom. The van der Waals surface area contributed by atoms with Gasteiger partial charge in [-0.15, -0.1) is 11.8 Å². The number of aliphatic imine (C=N–C) groups is 1. The third-order valence-electron chi connectivity index (χ3n) is 5.84. The zero-order chi connectivity index (χ0) is 20.1. The first-order valence-corrected chi connectivity index (χ1v) is 11.3. The van der Waals surface area contributed by atoms with Gasteiger partial charge in [-0.1, -0.05) is 36.5 Å². The van der Waals surface area contributed by atoms with Gasteiger partial charge in [0.05, 0.1) is 5.25 Å². The van der Waals surface area contributed by atoms with Gasteiger partial charge in [-0.2, -0.15) is 0 Å². The fraction of sp³-hybridized carbons (Fsp3) is 0.478. The molecule has 0 radical (unpaired) electrons. The number of piperidine rings is 1. The third-order valence-corrected chi connectivity index (χ3v) is 7.34. The molecule has 4 rings (SSSR count). The smallest absolute Gasteiger partial charge is 0.450 e. The molecule has 1 N–H and O–H groups in total. The Labute approximate surface area is 176 Å². The highest BCUT2D eigenvalue weighted by atomic mass is 32.2. The van der Waals surface area contributed by atoms with Gasteiger partial charge in [0, 0.05) is 24.5 Å². The van der Waals surface area contributed by atoms with Crippen molar-refractivity contribution in [3.8, 4) is 0 Å². The molecule has 0 spiro atoms. The lowest BCUT2D eigenvalue weighted by molar-refractivity contribution is 0.0131. The van der Waals surface area contributed by atoms with Crippen LogP contribution in [0.5, 0.6) is 0 Å². The van der Waals surface area contributed by atoms with E-state index < -0.39 is 6.16 Å². The van der Waals surface area contributed by atoms with Gasteiger partial charge in [0.2, 0.25) is 0 Å². The van der Waals surface area contributed by atoms with Crippen LogP contribution in [-0.4, -0.2) is 53.4 Å². The molecule has 0 saturated carbocycles. The molecule has 0 amide bonds. The van der Waals surface area contributed by atoms with Crippen LogP contribution in [-0.2, 0) is 4.74 Å². The molecule has 154 valence electrons. The SMILES string of the molecule is O=C(O)OC1CCCN(CCCC2CC=CC3=C2S[C@@H]2C=CC=C/C2=C/N=C\3)C1. The maximum Gasteiger partial charge on any atom is 0.506 e. The minimum absolute atomic E-state index is 0.179. The standard InChI is InChI=1S/C23H28N2O3S/c26-23(27)28-20-10-5-13-25(16-20)12-4-9-17-7-3-8-19-15-24-14-18-6-1-2-11-21(18)29-22(17)19/h1-3,6,8,11,14-15,17,20-21H,4-5,7,9-10,12-13,16H2,(H,26,27)/b18-14-,24-15-/t17?,20?,21-/m1/s1. The van der Waals surface area contributed by atoms with Crippen molar-refractivity contribution in [3.05, 3.63) is 58.7 Å². The molecule has 2 aliphatic carbocycles. The van der Waals surface area contributed by atoms with E-state index in [1.807, 2.05) is 24.2 Å². The summed E-state index contributed by atoms with van der Waals surface area (Å²) in [6.45, 7) is 2.75. The zero-order valence-electron chi connectivity index (χ0n) is 16.6. The second-order valence-electron chi connectivity index (χ2n) is 7.94. The summed E-state index contributed by atoms with van der Waals surface area (Å²) in [6, 6.07) is 0. The highest BCUT2D eigenvalue weighted by molar-refractivity contribution is 8.04. The Hall–Kier alpha value is -2.05. The van der Waals surface area contributed by atoms with Crippen LogP contribution in [0.3, 0.4) is 0 Å². The lowest BCUT2D eigenvalue weighted by Crippen LogP contribution is -2.40. The Bertz CT molecular complexity index is 809. The Balaban J connectivity index is 1.34. The predicted octanol–water partition coefficient (Wildman–Crippen LogP) is 4.95. The van der Waals surface area contributed by atoms with Crippen LogP contribution in [0, 0.1) is 5.92 Å². The van der Waals surface area contributed by atoms with Gasteiger partial charge in [-0.3, -0.25) is 9.89 Å². The number of carbonyl (C=O) groups is 1. The van der Waals surface area contributed by atoms with Gasteiger partial charge in [-0.25, -0.2) is 4.79 Å². The van der Waals surface area contributed by atoms with Crippen molar-refractivity contribution in [2.24, 2.45) is 10.9 Å². The van der Waals surface area contributed by atoms with Crippen LogP contribution < -0.4 is 0 Å². The normalized spacial score (nSPS) is 31.9. The minimum Gasteiger partial charge on any atom is -0.450 e. The highest BCUT2D eigenvalue weighted by Gasteiger charge is 2.26. The molecule has 0 aromatic rings. The summed E-state index contributed by atoms with van der Waals surface area (Å²) in [6.07, 6.45) is 20.9. The molecule has 1 saturated heterocycles. The van der Waals surface area contributed by atoms with E-state index in [0.717, 1.165) is 51.7 Å². The Kier molecular flexibility index (Phi) is 6.72. The molecule has 2 unspecified atom stereocenters. The number of ether oxygens (including phenoxy) is 1. The fourth-order valence-electron chi connectivity index (χ4n) is 4.42. The van der Waals surface area contributed by atoms with Crippen LogP contribution in [0.25, 0.3) is 0 Å². The summed E-state index contributed by atoms with van der Waals surface area (Å²) in [5, 5.41) is 9.20. The van der Waals surface area contributed by atoms with Crippen molar-refractivity contribution < 1.29 is 14.6 Å². The first kappa shape index (κ1) is 20.2. The van der Waals surface area contributed by atoms with E-state index in [0.29, 0.717) is 11.2 Å². The number of hydrogen-bond acceptors (Lipinski definition) is 5. The van der Waals surface area contributed by atoms with Crippen molar-refractivity contribution in [1.82, 2.24) is 4.90 Å². The molecule has 0 bridgehead atoms. The number of nitrogens with zero attached hydrogens (tertiary/aromatic N) is 2. The van der Waals surface area contributed by atoms with E-state index in [2.05, 4.69) is 46.3 Å². The molecule has 2 heterocycles. The van der Waals surface area contributed by atoms with Crippen molar-refractivity contribution in [1.29, 1.82) is 0 Å². The van der Waals surface area contributed by atoms with E-state index in [1.54, 1.807) is 0 Å². The van der Waals surface area contributed by atoms with Gasteiger partial charge >= 0.3 is 6.16 Å². The molecular weight excluding hydrogens is 384 g/mol. The summed E-state index contributed by atoms with van der Waals surface area (Å²) in [7, 11) is 0. The summed E-state index contributed by atoms with van der Waals surface area (Å²) >= 11 is 1.97. The Morgan fingerprint density at radius 1 is 1.34 bits per heavy atom. The van der Waals surface area contributed by atoms with E-state index >= 15 is 0 Å². The summed E-state index contributed by atoms with van der Waals surface area (Å²) in [5.41, 5.74) is 2.50. The van der Waals surface area contributed by atoms with Gasteiger partial charge < -0.3 is 9.84 Å². The molecule has 5 nitrogen and oxygen atoms in total. The lowest BCUT2D eigenvalue weighted by Gasteiger charge is -2.32. The van der Waals surface area contributed by atoms with E-state index in [-0.39, 0.29) is 6.10 Å². The second-order valence-corrected chi connectivity index (χ2v) is 9.12. The van der Waals surface area contributed by atoms with Crippen LogP contribution >= 0.6 is 11.8 Å². The summed E-state index contributed by atoms with van der Waals surface area (Å²) in [4.78, 5) is 19.2. The first-order chi connectivity index (χ1) is 14.2. The van der Waals surface area contributed by atoms with Crippen LogP contribution in [0.2, 0.25) is 0 Å². The van der Waals surface area contributed by atoms with Gasteiger partial charge in [-0.05, 0) is 61.6 Å². The number of likely N-dealkylation sites (tertiary alicyclic amines) is 1. The van der Waals surface area contributed by atoms with Crippen molar-refractivity contribution in [2.45, 2.75) is 43.5 Å². The number of allylic oxidation sites excluding steroid dienone is 7. The quantitative estimate of drug-likeness (QED) is 0.647. The van der Waals surface area contributed by atoms with Gasteiger partial charge in [0.15, 0.2) is 0 Å². The molecule has 4 aliphatic rings. The predicted molar refractivity (Wildman–Crippen MR) is 118 cm³/mol. The average Bonchev–Trinajstić information content (AvgIpc) is 2.69. The summed E-state index contributed by atoms with van der Waals surface area (Å²) in [5.74, 6) is 0.529. The van der Waals surface area contributed by atoms with E-state index in [9.17, 15) is 4.79 Å². The summed E-state index contributed by atoms with van der Waals surface area (Å²) < 4.78 is 4.99. The fourth-order valence-corrected chi connectivity index (χ4v) is 5.80. The molecule has 6 heteroatoms. The first-order valence-electron chi connectivity index (χ1n) is 10.5. The zero-order valence-corrected chi connectivity index (χ0v) is 17.4. The molecule has 29 heavy (non-hydrogen) atoms. The van der Waals surface area contributed by atoms with E-state index in [1.165, 1.54) is 16.1 Å². The van der Waals surface area contributed by atoms with Crippen LogP contribution in [0.15, 0.2) is 63.7 Å². The van der Waals surface area contributed by atoms with Crippen LogP contribution in [0.1, 0.15) is 32.1 Å². The molecule has 0 aromatic carbocycles. The maximum atomic E-state index is 10.8. The Morgan fingerprint density at radius 2 is 2.28 bits per heavy atom. The minimum atomic E-state index is -1.16. The average molecular weight is 413 g/mol. The van der Waals surface area contributed by atoms with Gasteiger partial charge in [0.25, 0.3) is 0 Å². The molecule has 0 aromatic heterocycles. The molecule has 2 aliphatic heterocycles.